The molecule has 0 bridgehead atoms. The van der Waals surface area contributed by atoms with Crippen LogP contribution in [-0.4, -0.2) is 22.1 Å². The Hall–Kier alpha value is -3.84. The minimum absolute atomic E-state index is 0.613. The Morgan fingerprint density at radius 3 is 2.28 bits per heavy atom. The molecule has 29 heavy (non-hydrogen) atoms. The molecule has 4 heteroatoms. The molecule has 142 valence electrons. The summed E-state index contributed by atoms with van der Waals surface area (Å²) < 4.78 is 7.12. The third-order valence-electron chi connectivity index (χ3n) is 4.65. The number of hydrogen-bond donors (Lipinski definition) is 0. The predicted octanol–water partition coefficient (Wildman–Crippen LogP) is 4.71. The Bertz CT molecular complexity index is 1150. The molecule has 4 nitrogen and oxygen atoms in total. The van der Waals surface area contributed by atoms with E-state index in [1.807, 2.05) is 59.3 Å². The lowest BCUT2D eigenvalue weighted by Gasteiger charge is -2.04. The fraction of sp³-hybridized carbons (Fsp3) is 0.120. The quantitative estimate of drug-likeness (QED) is 0.482. The molecule has 0 N–H and O–H groups in total. The normalized spacial score (nSPS) is 10.3. The molecule has 3 aromatic carbocycles. The summed E-state index contributed by atoms with van der Waals surface area (Å²) in [6.45, 7) is 2.68. The van der Waals surface area contributed by atoms with Crippen molar-refractivity contribution in [3.05, 3.63) is 101 Å². The Labute approximate surface area is 170 Å². The van der Waals surface area contributed by atoms with Crippen molar-refractivity contribution in [1.29, 1.82) is 0 Å². The Morgan fingerprint density at radius 2 is 1.59 bits per heavy atom. The van der Waals surface area contributed by atoms with Crippen LogP contribution in [-0.2, 0) is 6.54 Å². The van der Waals surface area contributed by atoms with Gasteiger partial charge in [-0.05, 0) is 54.8 Å². The van der Waals surface area contributed by atoms with E-state index in [2.05, 4.69) is 53.3 Å². The first-order chi connectivity index (χ1) is 14.2. The van der Waals surface area contributed by atoms with E-state index >= 15 is 0 Å². The first kappa shape index (κ1) is 18.5. The van der Waals surface area contributed by atoms with Gasteiger partial charge in [0, 0.05) is 11.1 Å². The van der Waals surface area contributed by atoms with Gasteiger partial charge < -0.3 is 4.74 Å². The summed E-state index contributed by atoms with van der Waals surface area (Å²) in [6, 6.07) is 26.2. The second-order valence-electron chi connectivity index (χ2n) is 6.77. The molecule has 4 aromatic rings. The van der Waals surface area contributed by atoms with E-state index in [9.17, 15) is 0 Å². The molecule has 0 fully saturated rings. The van der Waals surface area contributed by atoms with Crippen molar-refractivity contribution >= 4 is 0 Å². The number of nitrogens with zero attached hydrogens (tertiary/aromatic N) is 3. The average Bonchev–Trinajstić information content (AvgIpc) is 3.16. The third kappa shape index (κ3) is 4.36. The highest BCUT2D eigenvalue weighted by atomic mass is 16.5. The van der Waals surface area contributed by atoms with E-state index in [1.165, 1.54) is 5.56 Å². The number of benzene rings is 3. The van der Waals surface area contributed by atoms with Gasteiger partial charge in [0.1, 0.15) is 17.1 Å². The average molecular weight is 379 g/mol. The molecular formula is C25H21N3O. The number of ether oxygens (including phenoxy) is 1. The van der Waals surface area contributed by atoms with Crippen LogP contribution in [0.4, 0.5) is 0 Å². The van der Waals surface area contributed by atoms with Crippen LogP contribution in [0, 0.1) is 18.8 Å². The van der Waals surface area contributed by atoms with E-state index in [-0.39, 0.29) is 0 Å². The number of aromatic nitrogens is 3. The predicted molar refractivity (Wildman–Crippen MR) is 115 cm³/mol. The standard InChI is InChI=1S/C25H21N3O/c1-19-8-10-20(11-9-19)12-17-24-25(22-13-15-23(29-2)16-14-22)26-27-28(24)18-21-6-4-3-5-7-21/h3-11,13-16H,18H2,1-2H3. The second kappa shape index (κ2) is 8.45. The molecule has 1 heterocycles. The molecule has 0 spiro atoms. The van der Waals surface area contributed by atoms with Gasteiger partial charge in [0.15, 0.2) is 0 Å². The van der Waals surface area contributed by atoms with E-state index in [0.717, 1.165) is 33.8 Å². The zero-order valence-corrected chi connectivity index (χ0v) is 16.5. The summed E-state index contributed by atoms with van der Waals surface area (Å²) >= 11 is 0. The van der Waals surface area contributed by atoms with Gasteiger partial charge in [-0.25, -0.2) is 4.68 Å². The SMILES string of the molecule is COc1ccc(-c2nnn(Cc3ccccc3)c2C#Cc2ccc(C)cc2)cc1. The highest BCUT2D eigenvalue weighted by Gasteiger charge is 2.13. The molecule has 0 saturated carbocycles. The van der Waals surface area contributed by atoms with Crippen molar-refractivity contribution in [3.8, 4) is 28.8 Å². The molecule has 0 saturated heterocycles. The van der Waals surface area contributed by atoms with Gasteiger partial charge in [-0.15, -0.1) is 5.10 Å². The van der Waals surface area contributed by atoms with Gasteiger partial charge in [0.25, 0.3) is 0 Å². The molecule has 0 radical (unpaired) electrons. The summed E-state index contributed by atoms with van der Waals surface area (Å²) in [5.74, 6) is 7.36. The highest BCUT2D eigenvalue weighted by molar-refractivity contribution is 5.66. The smallest absolute Gasteiger partial charge is 0.140 e. The fourth-order valence-electron chi connectivity index (χ4n) is 3.02. The molecule has 0 unspecified atom stereocenters. The fourth-order valence-corrected chi connectivity index (χ4v) is 3.02. The lowest BCUT2D eigenvalue weighted by Crippen LogP contribution is -2.04. The molecule has 4 rings (SSSR count). The van der Waals surface area contributed by atoms with Crippen LogP contribution >= 0.6 is 0 Å². The molecule has 0 aliphatic rings. The summed E-state index contributed by atoms with van der Waals surface area (Å²) in [6.07, 6.45) is 0. The maximum atomic E-state index is 5.27. The van der Waals surface area contributed by atoms with Crippen LogP contribution in [0.1, 0.15) is 22.4 Å². The summed E-state index contributed by atoms with van der Waals surface area (Å²) in [4.78, 5) is 0. The third-order valence-corrected chi connectivity index (χ3v) is 4.65. The molecule has 1 aromatic heterocycles. The largest absolute Gasteiger partial charge is 0.497 e. The van der Waals surface area contributed by atoms with Crippen LogP contribution < -0.4 is 4.74 Å². The van der Waals surface area contributed by atoms with Crippen molar-refractivity contribution in [3.63, 3.8) is 0 Å². The molecular weight excluding hydrogens is 358 g/mol. The van der Waals surface area contributed by atoms with Crippen molar-refractivity contribution in [1.82, 2.24) is 15.0 Å². The van der Waals surface area contributed by atoms with Gasteiger partial charge in [0.2, 0.25) is 0 Å². The van der Waals surface area contributed by atoms with Crippen LogP contribution in [0.2, 0.25) is 0 Å². The number of hydrogen-bond acceptors (Lipinski definition) is 3. The Kier molecular flexibility index (Phi) is 5.40. The first-order valence-corrected chi connectivity index (χ1v) is 9.43. The van der Waals surface area contributed by atoms with Gasteiger partial charge >= 0.3 is 0 Å². The Balaban J connectivity index is 1.75. The monoisotopic (exact) mass is 379 g/mol. The zero-order chi connectivity index (χ0) is 20.1. The van der Waals surface area contributed by atoms with E-state index in [4.69, 9.17) is 4.74 Å². The van der Waals surface area contributed by atoms with Crippen LogP contribution in [0.5, 0.6) is 5.75 Å². The maximum absolute atomic E-state index is 5.27. The van der Waals surface area contributed by atoms with Crippen LogP contribution in [0.15, 0.2) is 78.9 Å². The minimum atomic E-state index is 0.613. The van der Waals surface area contributed by atoms with E-state index < -0.39 is 0 Å². The van der Waals surface area contributed by atoms with Crippen molar-refractivity contribution < 1.29 is 4.74 Å². The molecule has 0 amide bonds. The molecule has 0 atom stereocenters. The minimum Gasteiger partial charge on any atom is -0.497 e. The van der Waals surface area contributed by atoms with E-state index in [0.29, 0.717) is 6.54 Å². The van der Waals surface area contributed by atoms with Gasteiger partial charge in [0.05, 0.1) is 13.7 Å². The summed E-state index contributed by atoms with van der Waals surface area (Å²) in [5.41, 5.74) is 5.84. The summed E-state index contributed by atoms with van der Waals surface area (Å²) in [7, 11) is 1.66. The van der Waals surface area contributed by atoms with Crippen molar-refractivity contribution in [2.45, 2.75) is 13.5 Å². The number of rotatable bonds is 4. The molecule has 0 aliphatic carbocycles. The van der Waals surface area contributed by atoms with Crippen molar-refractivity contribution in [2.75, 3.05) is 7.11 Å². The lowest BCUT2D eigenvalue weighted by atomic mass is 10.1. The van der Waals surface area contributed by atoms with Crippen LogP contribution in [0.3, 0.4) is 0 Å². The first-order valence-electron chi connectivity index (χ1n) is 9.43. The lowest BCUT2D eigenvalue weighted by molar-refractivity contribution is 0.415. The second-order valence-corrected chi connectivity index (χ2v) is 6.77. The van der Waals surface area contributed by atoms with Crippen molar-refractivity contribution in [2.24, 2.45) is 0 Å². The topological polar surface area (TPSA) is 39.9 Å². The van der Waals surface area contributed by atoms with Gasteiger partial charge in [-0.2, -0.15) is 0 Å². The number of aryl methyl sites for hydroxylation is 1. The maximum Gasteiger partial charge on any atom is 0.140 e. The highest BCUT2D eigenvalue weighted by Crippen LogP contribution is 2.24. The van der Waals surface area contributed by atoms with Gasteiger partial charge in [-0.3, -0.25) is 0 Å². The zero-order valence-electron chi connectivity index (χ0n) is 16.5. The van der Waals surface area contributed by atoms with Gasteiger partial charge in [-0.1, -0.05) is 59.2 Å². The Morgan fingerprint density at radius 1 is 0.862 bits per heavy atom. The number of methoxy groups -OCH3 is 1. The van der Waals surface area contributed by atoms with E-state index in [1.54, 1.807) is 7.11 Å². The summed E-state index contributed by atoms with van der Waals surface area (Å²) in [5, 5.41) is 8.82. The molecule has 0 aliphatic heterocycles. The van der Waals surface area contributed by atoms with Crippen LogP contribution in [0.25, 0.3) is 11.3 Å².